The molecule has 1 aromatic heterocycles. The van der Waals surface area contributed by atoms with E-state index in [1.807, 2.05) is 0 Å². The molecule has 1 rings (SSSR count). The van der Waals surface area contributed by atoms with Gasteiger partial charge in [-0.25, -0.2) is 9.78 Å². The highest BCUT2D eigenvalue weighted by Gasteiger charge is 2.25. The van der Waals surface area contributed by atoms with Crippen molar-refractivity contribution in [3.63, 3.8) is 0 Å². The molecule has 19 heavy (non-hydrogen) atoms. The summed E-state index contributed by atoms with van der Waals surface area (Å²) in [6.45, 7) is 1.57. The molecule has 9 nitrogen and oxygen atoms in total. The van der Waals surface area contributed by atoms with Crippen LogP contribution in [-0.2, 0) is 9.59 Å². The molecule has 1 heterocycles. The lowest BCUT2D eigenvalue weighted by atomic mass is 10.2. The van der Waals surface area contributed by atoms with Gasteiger partial charge in [0.15, 0.2) is 0 Å². The number of aryl methyl sites for hydroxylation is 1. The summed E-state index contributed by atoms with van der Waals surface area (Å²) in [7, 11) is 0. The van der Waals surface area contributed by atoms with Gasteiger partial charge in [-0.3, -0.25) is 14.9 Å². The second kappa shape index (κ2) is 5.76. The summed E-state index contributed by atoms with van der Waals surface area (Å²) in [5.74, 6) is -3.03. The van der Waals surface area contributed by atoms with Gasteiger partial charge in [0.25, 0.3) is 0 Å². The lowest BCUT2D eigenvalue weighted by molar-refractivity contribution is -0.384. The zero-order chi connectivity index (χ0) is 14.6. The SMILES string of the molecule is Cc1ccc([N+](=O)[O-])c(NC(CC(=O)O)C(=O)O)n1. The molecule has 0 amide bonds. The van der Waals surface area contributed by atoms with E-state index in [9.17, 15) is 19.7 Å². The first-order valence-corrected chi connectivity index (χ1v) is 5.14. The minimum absolute atomic E-state index is 0.265. The van der Waals surface area contributed by atoms with Gasteiger partial charge in [-0.2, -0.15) is 0 Å². The number of hydrogen-bond donors (Lipinski definition) is 3. The summed E-state index contributed by atoms with van der Waals surface area (Å²) >= 11 is 0. The number of nitro groups is 1. The fraction of sp³-hybridized carbons (Fsp3) is 0.300. The highest BCUT2D eigenvalue weighted by molar-refractivity contribution is 5.83. The molecular weight excluding hydrogens is 258 g/mol. The maximum absolute atomic E-state index is 10.9. The predicted molar refractivity (Wildman–Crippen MR) is 62.9 cm³/mol. The molecule has 0 saturated heterocycles. The fourth-order valence-electron chi connectivity index (χ4n) is 1.34. The normalized spacial score (nSPS) is 11.6. The van der Waals surface area contributed by atoms with E-state index < -0.39 is 35.0 Å². The molecule has 0 aliphatic rings. The Balaban J connectivity index is 3.07. The number of aromatic nitrogens is 1. The number of carboxylic acid groups (broad SMARTS) is 2. The van der Waals surface area contributed by atoms with Crippen molar-refractivity contribution in [3.05, 3.63) is 27.9 Å². The quantitative estimate of drug-likeness (QED) is 0.504. The number of aliphatic carboxylic acids is 2. The number of pyridine rings is 1. The molecule has 0 aliphatic heterocycles. The first kappa shape index (κ1) is 14.4. The summed E-state index contributed by atoms with van der Waals surface area (Å²) in [4.78, 5) is 35.3. The van der Waals surface area contributed by atoms with Crippen molar-refractivity contribution in [3.8, 4) is 0 Å². The van der Waals surface area contributed by atoms with Crippen LogP contribution in [0.1, 0.15) is 12.1 Å². The minimum atomic E-state index is -1.49. The van der Waals surface area contributed by atoms with Gasteiger partial charge in [0.05, 0.1) is 11.3 Å². The molecule has 1 aromatic rings. The summed E-state index contributed by atoms with van der Waals surface area (Å²) in [5.41, 5.74) is 0.0230. The van der Waals surface area contributed by atoms with Crippen LogP contribution in [0.3, 0.4) is 0 Å². The average Bonchev–Trinajstić information content (AvgIpc) is 2.26. The van der Waals surface area contributed by atoms with E-state index in [0.29, 0.717) is 5.69 Å². The molecule has 102 valence electrons. The van der Waals surface area contributed by atoms with E-state index in [1.54, 1.807) is 6.92 Å². The number of rotatable bonds is 6. The molecular formula is C10H11N3O6. The molecule has 1 unspecified atom stereocenters. The van der Waals surface area contributed by atoms with E-state index >= 15 is 0 Å². The Morgan fingerprint density at radius 3 is 2.58 bits per heavy atom. The van der Waals surface area contributed by atoms with Gasteiger partial charge in [-0.05, 0) is 13.0 Å². The smallest absolute Gasteiger partial charge is 0.326 e. The van der Waals surface area contributed by atoms with E-state index in [0.717, 1.165) is 0 Å². The Bertz CT molecular complexity index is 530. The molecule has 0 aromatic carbocycles. The average molecular weight is 269 g/mol. The molecule has 1 atom stereocenters. The molecule has 0 spiro atoms. The highest BCUT2D eigenvalue weighted by atomic mass is 16.6. The van der Waals surface area contributed by atoms with E-state index in [2.05, 4.69) is 10.3 Å². The van der Waals surface area contributed by atoms with Crippen molar-refractivity contribution >= 4 is 23.4 Å². The monoisotopic (exact) mass is 269 g/mol. The predicted octanol–water partition coefficient (Wildman–Crippen LogP) is 0.638. The number of nitrogens with one attached hydrogen (secondary N) is 1. The van der Waals surface area contributed by atoms with E-state index in [4.69, 9.17) is 10.2 Å². The van der Waals surface area contributed by atoms with E-state index in [-0.39, 0.29) is 5.82 Å². The Labute approximate surface area is 107 Å². The number of anilines is 1. The van der Waals surface area contributed by atoms with Crippen molar-refractivity contribution in [1.82, 2.24) is 4.98 Å². The zero-order valence-corrected chi connectivity index (χ0v) is 9.86. The fourth-order valence-corrected chi connectivity index (χ4v) is 1.34. The number of carbonyl (C=O) groups is 2. The van der Waals surface area contributed by atoms with Crippen LogP contribution in [0, 0.1) is 17.0 Å². The van der Waals surface area contributed by atoms with Crippen LogP contribution in [-0.4, -0.2) is 38.1 Å². The summed E-state index contributed by atoms with van der Waals surface area (Å²) < 4.78 is 0. The van der Waals surface area contributed by atoms with Crippen LogP contribution in [0.4, 0.5) is 11.5 Å². The van der Waals surface area contributed by atoms with E-state index in [1.165, 1.54) is 12.1 Å². The third-order valence-corrected chi connectivity index (χ3v) is 2.20. The van der Waals surface area contributed by atoms with Crippen molar-refractivity contribution in [2.75, 3.05) is 5.32 Å². The minimum Gasteiger partial charge on any atom is -0.481 e. The third kappa shape index (κ3) is 3.91. The van der Waals surface area contributed by atoms with Crippen molar-refractivity contribution in [2.45, 2.75) is 19.4 Å². The van der Waals surface area contributed by atoms with Crippen molar-refractivity contribution in [1.29, 1.82) is 0 Å². The van der Waals surface area contributed by atoms with Crippen LogP contribution in [0.15, 0.2) is 12.1 Å². The topological polar surface area (TPSA) is 143 Å². The largest absolute Gasteiger partial charge is 0.481 e. The third-order valence-electron chi connectivity index (χ3n) is 2.20. The molecule has 0 saturated carbocycles. The first-order chi connectivity index (χ1) is 8.81. The molecule has 0 radical (unpaired) electrons. The van der Waals surface area contributed by atoms with Gasteiger partial charge in [-0.15, -0.1) is 0 Å². The molecule has 0 fully saturated rings. The number of hydrogen-bond acceptors (Lipinski definition) is 6. The second-order valence-electron chi connectivity index (χ2n) is 3.71. The summed E-state index contributed by atoms with van der Waals surface area (Å²) in [6, 6.07) is 1.08. The van der Waals surface area contributed by atoms with Crippen LogP contribution in [0.25, 0.3) is 0 Å². The number of nitrogens with zero attached hydrogens (tertiary/aromatic N) is 2. The Morgan fingerprint density at radius 2 is 2.11 bits per heavy atom. The zero-order valence-electron chi connectivity index (χ0n) is 9.86. The van der Waals surface area contributed by atoms with Gasteiger partial charge in [0.1, 0.15) is 6.04 Å². The Morgan fingerprint density at radius 1 is 1.47 bits per heavy atom. The van der Waals surface area contributed by atoms with Crippen molar-refractivity contribution in [2.24, 2.45) is 0 Å². The standard InChI is InChI=1S/C10H11N3O6/c1-5-2-3-7(13(18)19)9(11-5)12-6(10(16)17)4-8(14)15/h2-3,6H,4H2,1H3,(H,11,12)(H,14,15)(H,16,17). The maximum Gasteiger partial charge on any atom is 0.326 e. The van der Waals surface area contributed by atoms with Gasteiger partial charge >= 0.3 is 17.6 Å². The van der Waals surface area contributed by atoms with Crippen LogP contribution in [0.5, 0.6) is 0 Å². The summed E-state index contributed by atoms with van der Waals surface area (Å²) in [5, 5.41) is 30.5. The second-order valence-corrected chi connectivity index (χ2v) is 3.71. The van der Waals surface area contributed by atoms with Gasteiger partial charge in [0.2, 0.25) is 5.82 Å². The van der Waals surface area contributed by atoms with Gasteiger partial charge in [-0.1, -0.05) is 0 Å². The Kier molecular flexibility index (Phi) is 4.35. The molecule has 0 aliphatic carbocycles. The lowest BCUT2D eigenvalue weighted by Crippen LogP contribution is -2.32. The van der Waals surface area contributed by atoms with Crippen LogP contribution < -0.4 is 5.32 Å². The highest BCUT2D eigenvalue weighted by Crippen LogP contribution is 2.23. The molecule has 3 N–H and O–H groups in total. The number of carboxylic acids is 2. The molecule has 9 heteroatoms. The first-order valence-electron chi connectivity index (χ1n) is 5.14. The van der Waals surface area contributed by atoms with Crippen LogP contribution in [0.2, 0.25) is 0 Å². The lowest BCUT2D eigenvalue weighted by Gasteiger charge is -2.13. The molecule has 0 bridgehead atoms. The Hall–Kier alpha value is -2.71. The van der Waals surface area contributed by atoms with Gasteiger partial charge in [0, 0.05) is 11.8 Å². The van der Waals surface area contributed by atoms with Crippen LogP contribution >= 0.6 is 0 Å². The maximum atomic E-state index is 10.9. The summed E-state index contributed by atoms with van der Waals surface area (Å²) in [6.07, 6.45) is -0.720. The van der Waals surface area contributed by atoms with Crippen molar-refractivity contribution < 1.29 is 24.7 Å². The van der Waals surface area contributed by atoms with Gasteiger partial charge < -0.3 is 15.5 Å².